The first-order valence-electron chi connectivity index (χ1n) is 12.1. The molecule has 0 atom stereocenters. The van der Waals surface area contributed by atoms with Gasteiger partial charge in [-0.3, -0.25) is 0 Å². The van der Waals surface area contributed by atoms with E-state index in [4.69, 9.17) is 0 Å². The van der Waals surface area contributed by atoms with Gasteiger partial charge in [0.2, 0.25) is 0 Å². The molecule has 0 aliphatic rings. The van der Waals surface area contributed by atoms with Gasteiger partial charge in [-0.1, -0.05) is 103 Å². The third-order valence-corrected chi connectivity index (χ3v) is 7.02. The van der Waals surface area contributed by atoms with Crippen LogP contribution in [0.3, 0.4) is 0 Å². The first-order chi connectivity index (χ1) is 18.0. The van der Waals surface area contributed by atoms with Crippen LogP contribution >= 0.6 is 0 Å². The van der Waals surface area contributed by atoms with Crippen molar-refractivity contribution < 1.29 is 20.4 Å². The van der Waals surface area contributed by atoms with Gasteiger partial charge in [0, 0.05) is 38.6 Å². The third-order valence-electron chi connectivity index (χ3n) is 7.02. The molecule has 0 fully saturated rings. The summed E-state index contributed by atoms with van der Waals surface area (Å²) in [6, 6.07) is 35.2. The maximum absolute atomic E-state index is 11.4. The molecule has 0 aliphatic heterocycles. The van der Waals surface area contributed by atoms with E-state index in [0.717, 1.165) is 16.7 Å². The van der Waals surface area contributed by atoms with Crippen molar-refractivity contribution in [2.24, 2.45) is 0 Å². The molecule has 0 aromatic heterocycles. The molecule has 0 saturated heterocycles. The summed E-state index contributed by atoms with van der Waals surface area (Å²) >= 11 is 0. The molecule has 37 heavy (non-hydrogen) atoms. The first-order valence-corrected chi connectivity index (χ1v) is 12.1. The van der Waals surface area contributed by atoms with E-state index in [1.807, 2.05) is 54.6 Å². The van der Waals surface area contributed by atoms with Gasteiger partial charge in [0.15, 0.2) is 0 Å². The summed E-state index contributed by atoms with van der Waals surface area (Å²) in [5.41, 5.74) is 3.74. The Balaban J connectivity index is 1.62. The molecule has 0 bridgehead atoms. The summed E-state index contributed by atoms with van der Waals surface area (Å²) in [4.78, 5) is 0. The highest BCUT2D eigenvalue weighted by atomic mass is 16.3. The van der Waals surface area contributed by atoms with Crippen molar-refractivity contribution in [2.45, 2.75) is 5.92 Å². The predicted octanol–water partition coefficient (Wildman–Crippen LogP) is 7.66. The number of hydrogen-bond donors (Lipinski definition) is 4. The van der Waals surface area contributed by atoms with E-state index in [1.165, 1.54) is 0 Å². The molecule has 6 aromatic rings. The zero-order valence-electron chi connectivity index (χ0n) is 19.8. The quantitative estimate of drug-likeness (QED) is 0.153. The number of aromatic hydroxyl groups is 4. The molecule has 0 saturated carbocycles. The first kappa shape index (κ1) is 22.5. The maximum Gasteiger partial charge on any atom is 0.127 e. The Hall–Kier alpha value is -4.96. The van der Waals surface area contributed by atoms with Crippen LogP contribution in [0.15, 0.2) is 115 Å². The van der Waals surface area contributed by atoms with Gasteiger partial charge in [-0.05, 0) is 28.8 Å². The van der Waals surface area contributed by atoms with E-state index in [1.54, 1.807) is 60.7 Å². The molecule has 0 aliphatic carbocycles. The average Bonchev–Trinajstić information content (AvgIpc) is 2.95. The van der Waals surface area contributed by atoms with E-state index in [2.05, 4.69) is 0 Å². The highest BCUT2D eigenvalue weighted by Crippen LogP contribution is 2.48. The SMILES string of the molecule is Oc1cc(C(c2ccc(-c3ccccc3)cc2)c2cc(O)c3ccccc3c2O)c(O)c2ccccc12. The summed E-state index contributed by atoms with van der Waals surface area (Å²) in [5.74, 6) is -0.594. The Morgan fingerprint density at radius 1 is 0.405 bits per heavy atom. The van der Waals surface area contributed by atoms with Crippen LogP contribution in [0.25, 0.3) is 32.7 Å². The fourth-order valence-electron chi connectivity index (χ4n) is 5.19. The van der Waals surface area contributed by atoms with Gasteiger partial charge in [-0.25, -0.2) is 0 Å². The van der Waals surface area contributed by atoms with Crippen molar-refractivity contribution in [3.8, 4) is 34.1 Å². The second-order valence-electron chi connectivity index (χ2n) is 9.18. The molecule has 6 rings (SSSR count). The smallest absolute Gasteiger partial charge is 0.127 e. The van der Waals surface area contributed by atoms with Crippen molar-refractivity contribution in [3.05, 3.63) is 132 Å². The van der Waals surface area contributed by atoms with Crippen molar-refractivity contribution in [1.29, 1.82) is 0 Å². The molecule has 6 aromatic carbocycles. The van der Waals surface area contributed by atoms with Crippen LogP contribution in [0.2, 0.25) is 0 Å². The van der Waals surface area contributed by atoms with Crippen LogP contribution in [0.5, 0.6) is 23.0 Å². The minimum atomic E-state index is -0.671. The van der Waals surface area contributed by atoms with Crippen LogP contribution in [0.1, 0.15) is 22.6 Å². The fraction of sp³-hybridized carbons (Fsp3) is 0.0303. The average molecular weight is 485 g/mol. The van der Waals surface area contributed by atoms with Crippen LogP contribution < -0.4 is 0 Å². The number of phenolic OH excluding ortho intramolecular Hbond substituents is 4. The monoisotopic (exact) mass is 484 g/mol. The number of rotatable bonds is 4. The lowest BCUT2D eigenvalue weighted by Crippen LogP contribution is -2.05. The Kier molecular flexibility index (Phi) is 5.42. The summed E-state index contributed by atoms with van der Waals surface area (Å²) in [6.07, 6.45) is 0. The molecular weight excluding hydrogens is 460 g/mol. The maximum atomic E-state index is 11.4. The molecule has 0 spiro atoms. The van der Waals surface area contributed by atoms with Gasteiger partial charge in [0.1, 0.15) is 23.0 Å². The van der Waals surface area contributed by atoms with Crippen LogP contribution in [0, 0.1) is 0 Å². The summed E-state index contributed by atoms with van der Waals surface area (Å²) in [5, 5.41) is 46.7. The van der Waals surface area contributed by atoms with Gasteiger partial charge in [0.05, 0.1) is 0 Å². The molecule has 0 heterocycles. The lowest BCUT2D eigenvalue weighted by atomic mass is 9.81. The zero-order chi connectivity index (χ0) is 25.5. The molecule has 180 valence electrons. The summed E-state index contributed by atoms with van der Waals surface area (Å²) in [6.45, 7) is 0. The van der Waals surface area contributed by atoms with Crippen molar-refractivity contribution >= 4 is 21.5 Å². The Labute approximate surface area is 214 Å². The van der Waals surface area contributed by atoms with Crippen molar-refractivity contribution in [2.75, 3.05) is 0 Å². The molecule has 0 unspecified atom stereocenters. The number of hydrogen-bond acceptors (Lipinski definition) is 4. The minimum Gasteiger partial charge on any atom is -0.507 e. The molecule has 4 N–H and O–H groups in total. The van der Waals surface area contributed by atoms with E-state index in [-0.39, 0.29) is 23.0 Å². The van der Waals surface area contributed by atoms with E-state index < -0.39 is 5.92 Å². The van der Waals surface area contributed by atoms with Crippen molar-refractivity contribution in [1.82, 2.24) is 0 Å². The lowest BCUT2D eigenvalue weighted by Gasteiger charge is -2.23. The molecule has 0 radical (unpaired) electrons. The van der Waals surface area contributed by atoms with E-state index in [0.29, 0.717) is 32.7 Å². The minimum absolute atomic E-state index is 0.0117. The fourth-order valence-corrected chi connectivity index (χ4v) is 5.19. The summed E-state index contributed by atoms with van der Waals surface area (Å²) in [7, 11) is 0. The van der Waals surface area contributed by atoms with Gasteiger partial charge in [-0.15, -0.1) is 0 Å². The standard InChI is InChI=1S/C33H24O4/c34-29-18-27(32(36)25-12-6-4-10-23(25)29)31(22-16-14-21(15-17-22)20-8-2-1-3-9-20)28-19-30(35)24-11-5-7-13-26(24)33(28)37/h1-19,31,34-37H. The second kappa shape index (κ2) is 8.92. The zero-order valence-corrected chi connectivity index (χ0v) is 19.8. The molecule has 4 heteroatoms. The molecule has 0 amide bonds. The number of fused-ring (bicyclic) bond motifs is 2. The Morgan fingerprint density at radius 2 is 0.811 bits per heavy atom. The Morgan fingerprint density at radius 3 is 1.30 bits per heavy atom. The highest BCUT2D eigenvalue weighted by Gasteiger charge is 2.27. The van der Waals surface area contributed by atoms with Crippen LogP contribution in [-0.2, 0) is 0 Å². The largest absolute Gasteiger partial charge is 0.507 e. The van der Waals surface area contributed by atoms with E-state index in [9.17, 15) is 20.4 Å². The van der Waals surface area contributed by atoms with Gasteiger partial charge >= 0.3 is 0 Å². The topological polar surface area (TPSA) is 80.9 Å². The third kappa shape index (κ3) is 3.80. The van der Waals surface area contributed by atoms with Crippen LogP contribution in [-0.4, -0.2) is 20.4 Å². The Bertz CT molecular complexity index is 1660. The number of benzene rings is 6. The summed E-state index contributed by atoms with van der Waals surface area (Å²) < 4.78 is 0. The van der Waals surface area contributed by atoms with Gasteiger partial charge < -0.3 is 20.4 Å². The van der Waals surface area contributed by atoms with Crippen molar-refractivity contribution in [3.63, 3.8) is 0 Å². The highest BCUT2D eigenvalue weighted by molar-refractivity contribution is 5.96. The van der Waals surface area contributed by atoms with Crippen LogP contribution in [0.4, 0.5) is 0 Å². The van der Waals surface area contributed by atoms with E-state index >= 15 is 0 Å². The van der Waals surface area contributed by atoms with Gasteiger partial charge in [0.25, 0.3) is 0 Å². The predicted molar refractivity (Wildman–Crippen MR) is 147 cm³/mol. The molecular formula is C33H24O4. The number of phenols is 4. The second-order valence-corrected chi connectivity index (χ2v) is 9.18. The van der Waals surface area contributed by atoms with Gasteiger partial charge in [-0.2, -0.15) is 0 Å². The molecule has 4 nitrogen and oxygen atoms in total. The lowest BCUT2D eigenvalue weighted by molar-refractivity contribution is 0.454. The normalized spacial score (nSPS) is 11.4.